The van der Waals surface area contributed by atoms with E-state index in [4.69, 9.17) is 8.85 Å². The van der Waals surface area contributed by atoms with Crippen LogP contribution in [0.1, 0.15) is 86.0 Å². The topological polar surface area (TPSA) is 18.5 Å². The molecule has 25 heavy (non-hydrogen) atoms. The van der Waals surface area contributed by atoms with Crippen molar-refractivity contribution >= 4 is 23.4 Å². The second-order valence-electron chi connectivity index (χ2n) is 8.97. The van der Waals surface area contributed by atoms with Gasteiger partial charge in [-0.1, -0.05) is 81.6 Å². The summed E-state index contributed by atoms with van der Waals surface area (Å²) in [6.07, 6.45) is 11.5. The highest BCUT2D eigenvalue weighted by Crippen LogP contribution is 2.53. The van der Waals surface area contributed by atoms with Gasteiger partial charge >= 0.3 is 9.28 Å². The van der Waals surface area contributed by atoms with Gasteiger partial charge in [0, 0.05) is 14.2 Å². The van der Waals surface area contributed by atoms with Crippen LogP contribution in [-0.4, -0.2) is 37.7 Å². The molecule has 2 fully saturated rings. The highest BCUT2D eigenvalue weighted by Gasteiger charge is 2.43. The molecule has 0 heterocycles. The molecule has 2 nitrogen and oxygen atoms in total. The van der Waals surface area contributed by atoms with Gasteiger partial charge in [0.2, 0.25) is 0 Å². The maximum absolute atomic E-state index is 5.30. The van der Waals surface area contributed by atoms with Crippen molar-refractivity contribution in [3.8, 4) is 0 Å². The van der Waals surface area contributed by atoms with Gasteiger partial charge in [0.15, 0.2) is 0 Å². The molecule has 148 valence electrons. The van der Waals surface area contributed by atoms with Crippen molar-refractivity contribution in [1.29, 1.82) is 0 Å². The van der Waals surface area contributed by atoms with Crippen molar-refractivity contribution < 1.29 is 8.85 Å². The summed E-state index contributed by atoms with van der Waals surface area (Å²) < 4.78 is 11.4. The molecule has 0 N–H and O–H groups in total. The molecule has 0 radical (unpaired) electrons. The lowest BCUT2D eigenvalue weighted by Gasteiger charge is -2.46. The Bertz CT molecular complexity index is 329. The Balaban J connectivity index is 0.000000271. The van der Waals surface area contributed by atoms with Crippen LogP contribution in [0.15, 0.2) is 0 Å². The monoisotopic (exact) mass is 384 g/mol. The minimum absolute atomic E-state index is 0.486. The molecule has 0 bridgehead atoms. The lowest BCUT2D eigenvalue weighted by Crippen LogP contribution is -2.37. The fourth-order valence-electron chi connectivity index (χ4n) is 6.10. The molecule has 2 atom stereocenters. The van der Waals surface area contributed by atoms with Gasteiger partial charge in [-0.25, -0.2) is 0 Å². The van der Waals surface area contributed by atoms with Crippen LogP contribution in [-0.2, 0) is 8.85 Å². The Morgan fingerprint density at radius 2 is 1.40 bits per heavy atom. The molecule has 2 rings (SSSR count). The standard InChI is InChI=1S/C10H19.C7H16O2Si.2C2H5.Al/c1-4-10-6-8(2)5-9(3)7-10;1-8-10(9-2)7-5-3-4-6-7;2*1-2;/h8-9H,4-7H2,1-3H3;7,10H,3-6H2,1-2H3;2*1H2,2H3;. The van der Waals surface area contributed by atoms with Gasteiger partial charge in [-0.3, -0.25) is 0 Å². The highest BCUT2D eigenvalue weighted by atomic mass is 28.3. The molecular formula is C21H45AlO2Si. The molecule has 0 spiro atoms. The van der Waals surface area contributed by atoms with E-state index in [0.717, 1.165) is 21.7 Å². The van der Waals surface area contributed by atoms with Gasteiger partial charge in [-0.15, -0.1) is 0 Å². The Hall–Kier alpha value is 0.669. The molecule has 0 aromatic rings. The average molecular weight is 385 g/mol. The lowest BCUT2D eigenvalue weighted by atomic mass is 9.75. The zero-order chi connectivity index (χ0) is 18.9. The molecule has 0 aromatic carbocycles. The van der Waals surface area contributed by atoms with Crippen LogP contribution in [0.5, 0.6) is 0 Å². The fourth-order valence-corrected chi connectivity index (χ4v) is 12.4. The molecule has 4 heteroatoms. The van der Waals surface area contributed by atoms with Crippen LogP contribution in [0.4, 0.5) is 0 Å². The minimum atomic E-state index is -1.24. The summed E-state index contributed by atoms with van der Waals surface area (Å²) in [5.41, 5.74) is 0.787. The first-order valence-electron chi connectivity index (χ1n) is 11.0. The van der Waals surface area contributed by atoms with Crippen molar-refractivity contribution in [3.63, 3.8) is 0 Å². The Morgan fingerprint density at radius 1 is 0.920 bits per heavy atom. The number of hydrogen-bond donors (Lipinski definition) is 0. The van der Waals surface area contributed by atoms with E-state index in [1.165, 1.54) is 49.1 Å². The molecule has 0 aromatic heterocycles. The van der Waals surface area contributed by atoms with E-state index in [0.29, 0.717) is 0 Å². The van der Waals surface area contributed by atoms with Gasteiger partial charge in [-0.2, -0.15) is 0 Å². The first-order valence-corrected chi connectivity index (χ1v) is 14.8. The SMILES string of the molecule is CO[SiH](OC)C1CCCC1.C[CH2][Al]([CH2]C)[C]1(CC)CC(C)CC(C)C1. The van der Waals surface area contributed by atoms with E-state index in [9.17, 15) is 0 Å². The summed E-state index contributed by atoms with van der Waals surface area (Å²) >= 11 is -0.486. The van der Waals surface area contributed by atoms with Crippen LogP contribution in [0, 0.1) is 11.8 Å². The lowest BCUT2D eigenvalue weighted by molar-refractivity contribution is 0.222. The predicted molar refractivity (Wildman–Crippen MR) is 115 cm³/mol. The average Bonchev–Trinajstić information content (AvgIpc) is 3.11. The third-order valence-electron chi connectivity index (χ3n) is 7.12. The largest absolute Gasteiger partial charge is 0.400 e. The van der Waals surface area contributed by atoms with Gasteiger partial charge < -0.3 is 8.85 Å². The van der Waals surface area contributed by atoms with E-state index in [1.807, 2.05) is 0 Å². The maximum atomic E-state index is 5.30. The van der Waals surface area contributed by atoms with Gasteiger partial charge in [-0.05, 0) is 36.6 Å². The third kappa shape index (κ3) is 6.96. The Kier molecular flexibility index (Phi) is 11.6. The minimum Gasteiger partial charge on any atom is -0.400 e. The highest BCUT2D eigenvalue weighted by molar-refractivity contribution is 6.62. The summed E-state index contributed by atoms with van der Waals surface area (Å²) in [6, 6.07) is 0. The van der Waals surface area contributed by atoms with Crippen LogP contribution >= 0.6 is 0 Å². The van der Waals surface area contributed by atoms with Crippen LogP contribution in [0.2, 0.25) is 20.4 Å². The van der Waals surface area contributed by atoms with Crippen molar-refractivity contribution in [2.24, 2.45) is 11.8 Å². The first kappa shape index (κ1) is 23.7. The van der Waals surface area contributed by atoms with E-state index >= 15 is 0 Å². The zero-order valence-corrected chi connectivity index (χ0v) is 20.6. The number of rotatable bonds is 7. The number of hydrogen-bond acceptors (Lipinski definition) is 2. The summed E-state index contributed by atoms with van der Waals surface area (Å²) in [5.74, 6) is 1.98. The molecular weight excluding hydrogens is 339 g/mol. The van der Waals surface area contributed by atoms with E-state index in [1.54, 1.807) is 27.1 Å². The summed E-state index contributed by atoms with van der Waals surface area (Å²) in [5, 5.41) is 3.04. The van der Waals surface area contributed by atoms with Gasteiger partial charge in [0.1, 0.15) is 0 Å². The normalized spacial score (nSPS) is 30.2. The molecule has 2 saturated carbocycles. The Labute approximate surface area is 164 Å². The molecule has 2 aliphatic rings. The third-order valence-corrected chi connectivity index (χ3v) is 14.1. The van der Waals surface area contributed by atoms with Crippen molar-refractivity contribution in [2.75, 3.05) is 14.2 Å². The van der Waals surface area contributed by atoms with Crippen LogP contribution in [0.25, 0.3) is 0 Å². The summed E-state index contributed by atoms with van der Waals surface area (Å²) in [6.45, 7) is 12.3. The quantitative estimate of drug-likeness (QED) is 0.462. The van der Waals surface area contributed by atoms with Gasteiger partial charge in [0.25, 0.3) is 14.1 Å². The smallest absolute Gasteiger partial charge is 0.324 e. The van der Waals surface area contributed by atoms with Crippen molar-refractivity contribution in [2.45, 2.75) is 106 Å². The molecule has 2 unspecified atom stereocenters. The maximum Gasteiger partial charge on any atom is 0.324 e. The zero-order valence-electron chi connectivity index (χ0n) is 18.3. The van der Waals surface area contributed by atoms with Gasteiger partial charge in [0.05, 0.1) is 0 Å². The molecule has 0 saturated heterocycles. The summed E-state index contributed by atoms with van der Waals surface area (Å²) in [7, 11) is 2.31. The van der Waals surface area contributed by atoms with E-state index in [-0.39, 0.29) is 0 Å². The molecule has 2 aliphatic carbocycles. The molecule has 0 aliphatic heterocycles. The van der Waals surface area contributed by atoms with E-state index in [2.05, 4.69) is 34.6 Å². The van der Waals surface area contributed by atoms with E-state index < -0.39 is 23.4 Å². The van der Waals surface area contributed by atoms with Crippen LogP contribution < -0.4 is 0 Å². The first-order chi connectivity index (χ1) is 12.0. The molecule has 0 amide bonds. The second-order valence-corrected chi connectivity index (χ2v) is 15.8. The van der Waals surface area contributed by atoms with Crippen molar-refractivity contribution in [3.05, 3.63) is 0 Å². The summed E-state index contributed by atoms with van der Waals surface area (Å²) in [4.78, 5) is 0. The fraction of sp³-hybridized carbons (Fsp3) is 1.00. The van der Waals surface area contributed by atoms with Crippen molar-refractivity contribution in [1.82, 2.24) is 0 Å². The predicted octanol–water partition coefficient (Wildman–Crippen LogP) is 6.57. The second kappa shape index (κ2) is 12.2. The van der Waals surface area contributed by atoms with Crippen LogP contribution in [0.3, 0.4) is 0 Å². The Morgan fingerprint density at radius 3 is 1.76 bits per heavy atom.